The van der Waals surface area contributed by atoms with Gasteiger partial charge in [-0.25, -0.2) is 0 Å². The fraction of sp³-hybridized carbons (Fsp3) is 1.00. The van der Waals surface area contributed by atoms with Crippen molar-refractivity contribution in [3.8, 4) is 0 Å². The zero-order chi connectivity index (χ0) is 8.98. The number of fused-ring (bicyclic) bond motifs is 1. The topological polar surface area (TPSA) is 12.5 Å². The Morgan fingerprint density at radius 1 is 1.38 bits per heavy atom. The van der Waals surface area contributed by atoms with E-state index >= 15 is 0 Å². The summed E-state index contributed by atoms with van der Waals surface area (Å²) in [5.74, 6) is 0.897. The van der Waals surface area contributed by atoms with Gasteiger partial charge in [-0.1, -0.05) is 0 Å². The Hall–Kier alpha value is 0.650. The van der Waals surface area contributed by atoms with Crippen LogP contribution in [0, 0.1) is 5.92 Å². The first-order chi connectivity index (χ1) is 5.39. The van der Waals surface area contributed by atoms with Crippen LogP contribution in [-0.2, 0) is 4.74 Å². The monoisotopic (exact) mass is 297 g/mol. The van der Waals surface area contributed by atoms with Crippen LogP contribution in [-0.4, -0.2) is 43.9 Å². The predicted octanol–water partition coefficient (Wildman–Crippen LogP) is -1.74. The van der Waals surface area contributed by atoms with Crippen molar-refractivity contribution in [1.82, 2.24) is 0 Å². The molecule has 2 nitrogen and oxygen atoms in total. The number of epoxide rings is 1. The van der Waals surface area contributed by atoms with Crippen LogP contribution in [0.2, 0.25) is 0 Å². The summed E-state index contributed by atoms with van der Waals surface area (Å²) in [5.41, 5.74) is 0.292. The van der Waals surface area contributed by atoms with Crippen molar-refractivity contribution in [2.75, 3.05) is 27.7 Å². The molecule has 1 saturated carbocycles. The number of rotatable bonds is 2. The lowest BCUT2D eigenvalue weighted by Gasteiger charge is -2.28. The molecule has 1 heterocycles. The van der Waals surface area contributed by atoms with E-state index in [4.69, 9.17) is 4.74 Å². The lowest BCUT2D eigenvalue weighted by Crippen LogP contribution is -3.00. The highest BCUT2D eigenvalue weighted by Crippen LogP contribution is 2.52. The van der Waals surface area contributed by atoms with Gasteiger partial charge in [0.2, 0.25) is 0 Å². The van der Waals surface area contributed by atoms with Gasteiger partial charge >= 0.3 is 0 Å². The van der Waals surface area contributed by atoms with E-state index in [0.717, 1.165) is 10.4 Å². The maximum atomic E-state index is 5.58. The molecule has 0 bridgehead atoms. The summed E-state index contributed by atoms with van der Waals surface area (Å²) in [4.78, 5) is 0. The van der Waals surface area contributed by atoms with Crippen molar-refractivity contribution in [1.29, 1.82) is 0 Å². The molecule has 3 atom stereocenters. The normalized spacial score (nSPS) is 42.5. The van der Waals surface area contributed by atoms with Gasteiger partial charge in [0, 0.05) is 5.92 Å². The van der Waals surface area contributed by atoms with Crippen LogP contribution in [0.4, 0.5) is 0 Å². The second-order valence-corrected chi connectivity index (χ2v) is 5.70. The molecule has 0 aromatic carbocycles. The average molecular weight is 297 g/mol. The van der Waals surface area contributed by atoms with Gasteiger partial charge in [0.05, 0.1) is 39.4 Å². The molecule has 0 unspecified atom stereocenters. The van der Waals surface area contributed by atoms with Crippen molar-refractivity contribution >= 4 is 0 Å². The maximum Gasteiger partial charge on any atom is 0.0925 e. The molecule has 0 radical (unpaired) electrons. The third-order valence-corrected chi connectivity index (χ3v) is 3.08. The Bertz CT molecular complexity index is 202. The highest BCUT2D eigenvalue weighted by Gasteiger charge is 2.59. The van der Waals surface area contributed by atoms with E-state index in [2.05, 4.69) is 28.1 Å². The minimum absolute atomic E-state index is 0. The van der Waals surface area contributed by atoms with Crippen molar-refractivity contribution in [2.24, 2.45) is 5.92 Å². The molecule has 78 valence electrons. The van der Waals surface area contributed by atoms with Gasteiger partial charge in [-0.3, -0.25) is 0 Å². The molecule has 1 aliphatic carbocycles. The minimum Gasteiger partial charge on any atom is -1.00 e. The summed E-state index contributed by atoms with van der Waals surface area (Å²) in [6, 6.07) is 0. The molecule has 0 amide bonds. The average Bonchev–Trinajstić information content (AvgIpc) is 2.27. The zero-order valence-electron chi connectivity index (χ0n) is 9.01. The van der Waals surface area contributed by atoms with Crippen LogP contribution in [0.3, 0.4) is 0 Å². The Labute approximate surface area is 98.2 Å². The number of halogens is 1. The maximum absolute atomic E-state index is 5.58. The lowest BCUT2D eigenvalue weighted by molar-refractivity contribution is -0.873. The molecular formula is C10H20INO. The van der Waals surface area contributed by atoms with Crippen LogP contribution in [0.1, 0.15) is 19.8 Å². The van der Waals surface area contributed by atoms with Crippen LogP contribution in [0.25, 0.3) is 0 Å². The van der Waals surface area contributed by atoms with E-state index in [1.54, 1.807) is 0 Å². The standard InChI is InChI=1S/C10H20NO.HI/c1-10-6-8(5-9(10)12-10)7-11(2,3)4;/h8-9H,5-7H2,1-4H3;1H/q+1;/p-1/t8-,9-,10+;/m0./s1. The summed E-state index contributed by atoms with van der Waals surface area (Å²) in [5, 5.41) is 0. The van der Waals surface area contributed by atoms with Gasteiger partial charge in [0.15, 0.2) is 0 Å². The first kappa shape index (κ1) is 11.7. The fourth-order valence-corrected chi connectivity index (χ4v) is 2.64. The zero-order valence-corrected chi connectivity index (χ0v) is 11.2. The van der Waals surface area contributed by atoms with Crippen molar-refractivity contribution in [3.63, 3.8) is 0 Å². The van der Waals surface area contributed by atoms with E-state index < -0.39 is 0 Å². The molecule has 13 heavy (non-hydrogen) atoms. The highest BCUT2D eigenvalue weighted by atomic mass is 127. The van der Waals surface area contributed by atoms with E-state index in [0.29, 0.717) is 11.7 Å². The Balaban J connectivity index is 0.000000845. The van der Waals surface area contributed by atoms with E-state index in [1.807, 2.05) is 0 Å². The Kier molecular flexibility index (Phi) is 3.02. The van der Waals surface area contributed by atoms with Crippen LogP contribution in [0.5, 0.6) is 0 Å². The van der Waals surface area contributed by atoms with Crippen molar-refractivity contribution in [2.45, 2.75) is 31.5 Å². The quantitative estimate of drug-likeness (QED) is 0.335. The third-order valence-electron chi connectivity index (χ3n) is 3.08. The molecular weight excluding hydrogens is 277 g/mol. The molecule has 2 aliphatic rings. The van der Waals surface area contributed by atoms with Gasteiger partial charge in [0.1, 0.15) is 0 Å². The first-order valence-electron chi connectivity index (χ1n) is 4.87. The number of hydrogen-bond acceptors (Lipinski definition) is 1. The Morgan fingerprint density at radius 3 is 2.38 bits per heavy atom. The van der Waals surface area contributed by atoms with Gasteiger partial charge in [0.25, 0.3) is 0 Å². The molecule has 0 N–H and O–H groups in total. The molecule has 0 aromatic rings. The number of nitrogens with zero attached hydrogens (tertiary/aromatic N) is 1. The summed E-state index contributed by atoms with van der Waals surface area (Å²) in [7, 11) is 6.81. The van der Waals surface area contributed by atoms with Crippen LogP contribution in [0.15, 0.2) is 0 Å². The number of ether oxygens (including phenoxy) is 1. The van der Waals surface area contributed by atoms with E-state index in [-0.39, 0.29) is 24.0 Å². The fourth-order valence-electron chi connectivity index (χ4n) is 2.64. The second-order valence-electron chi connectivity index (χ2n) is 5.70. The SMILES string of the molecule is C[C@@]12C[C@@H](C[N+](C)(C)C)C[C@@H]1O2.[I-]. The summed E-state index contributed by atoms with van der Waals surface area (Å²) < 4.78 is 6.67. The number of quaternary nitrogens is 1. The number of hydrogen-bond donors (Lipinski definition) is 0. The lowest BCUT2D eigenvalue weighted by atomic mass is 10.0. The van der Waals surface area contributed by atoms with Gasteiger partial charge < -0.3 is 33.2 Å². The van der Waals surface area contributed by atoms with Crippen LogP contribution < -0.4 is 24.0 Å². The molecule has 3 heteroatoms. The molecule has 2 rings (SSSR count). The minimum atomic E-state index is 0. The summed E-state index contributed by atoms with van der Waals surface area (Å²) >= 11 is 0. The molecule has 1 saturated heterocycles. The highest BCUT2D eigenvalue weighted by molar-refractivity contribution is 5.06. The largest absolute Gasteiger partial charge is 1.00 e. The molecule has 0 spiro atoms. The molecule has 0 aromatic heterocycles. The van der Waals surface area contributed by atoms with Crippen LogP contribution >= 0.6 is 0 Å². The summed E-state index contributed by atoms with van der Waals surface area (Å²) in [6.45, 7) is 3.56. The van der Waals surface area contributed by atoms with Gasteiger partial charge in [-0.05, 0) is 19.8 Å². The molecule has 1 aliphatic heterocycles. The Morgan fingerprint density at radius 2 is 2.00 bits per heavy atom. The second kappa shape index (κ2) is 3.35. The first-order valence-corrected chi connectivity index (χ1v) is 4.87. The van der Waals surface area contributed by atoms with E-state index in [1.165, 1.54) is 19.4 Å². The van der Waals surface area contributed by atoms with Gasteiger partial charge in [-0.2, -0.15) is 0 Å². The van der Waals surface area contributed by atoms with Crippen molar-refractivity contribution in [3.05, 3.63) is 0 Å². The predicted molar refractivity (Wildman–Crippen MR) is 48.9 cm³/mol. The smallest absolute Gasteiger partial charge is 0.0925 e. The van der Waals surface area contributed by atoms with E-state index in [9.17, 15) is 0 Å². The van der Waals surface area contributed by atoms with Gasteiger partial charge in [-0.15, -0.1) is 0 Å². The third kappa shape index (κ3) is 2.57. The molecule has 2 fully saturated rings. The van der Waals surface area contributed by atoms with Crippen molar-refractivity contribution < 1.29 is 33.2 Å². The summed E-state index contributed by atoms with van der Waals surface area (Å²) in [6.07, 6.45) is 3.19.